The molecule has 1 aliphatic rings. The summed E-state index contributed by atoms with van der Waals surface area (Å²) in [5, 5.41) is 3.19. The standard InChI is InChI=1S/C17H17F3N2O3S/c1-16(2,3)15(17(18,19)20)22-26(24,25)12-8-7-11-13-9(12)5-4-6-10(13)14(23)21-11/h4-8,15,22H,1-3H3,(H,21,23). The van der Waals surface area contributed by atoms with E-state index in [-0.39, 0.29) is 21.8 Å². The van der Waals surface area contributed by atoms with Crippen molar-refractivity contribution in [1.29, 1.82) is 0 Å². The molecule has 0 spiro atoms. The largest absolute Gasteiger partial charge is 0.405 e. The summed E-state index contributed by atoms with van der Waals surface area (Å²) >= 11 is 0. The predicted octanol–water partition coefficient (Wildman–Crippen LogP) is 3.66. The van der Waals surface area contributed by atoms with Crippen LogP contribution in [0.1, 0.15) is 31.1 Å². The Morgan fingerprint density at radius 3 is 2.31 bits per heavy atom. The number of carbonyl (C=O) groups excluding carboxylic acids is 1. The van der Waals surface area contributed by atoms with Crippen LogP contribution in [-0.4, -0.2) is 26.5 Å². The van der Waals surface area contributed by atoms with E-state index in [9.17, 15) is 26.4 Å². The first kappa shape index (κ1) is 18.7. The summed E-state index contributed by atoms with van der Waals surface area (Å²) in [7, 11) is -4.48. The molecule has 0 saturated carbocycles. The second-order valence-corrected chi connectivity index (χ2v) is 8.94. The lowest BCUT2D eigenvalue weighted by Gasteiger charge is -2.32. The van der Waals surface area contributed by atoms with Gasteiger partial charge in [0, 0.05) is 22.0 Å². The lowest BCUT2D eigenvalue weighted by molar-refractivity contribution is -0.172. The Labute approximate surface area is 148 Å². The number of benzene rings is 2. The fraction of sp³-hybridized carbons (Fsp3) is 0.353. The molecule has 26 heavy (non-hydrogen) atoms. The van der Waals surface area contributed by atoms with Crippen LogP contribution >= 0.6 is 0 Å². The van der Waals surface area contributed by atoms with E-state index < -0.39 is 27.7 Å². The van der Waals surface area contributed by atoms with Crippen LogP contribution in [0.25, 0.3) is 10.8 Å². The summed E-state index contributed by atoms with van der Waals surface area (Å²) < 4.78 is 67.5. The van der Waals surface area contributed by atoms with Crippen molar-refractivity contribution < 1.29 is 26.4 Å². The maximum absolute atomic E-state index is 13.4. The molecular weight excluding hydrogens is 369 g/mol. The average Bonchev–Trinajstić information content (AvgIpc) is 2.81. The van der Waals surface area contributed by atoms with E-state index in [0.717, 1.165) is 0 Å². The first-order chi connectivity index (χ1) is 11.8. The van der Waals surface area contributed by atoms with Gasteiger partial charge in [-0.3, -0.25) is 4.79 Å². The minimum Gasteiger partial charge on any atom is -0.321 e. The van der Waals surface area contributed by atoms with Gasteiger partial charge in [-0.15, -0.1) is 0 Å². The molecule has 0 fully saturated rings. The number of hydrogen-bond donors (Lipinski definition) is 2. The lowest BCUT2D eigenvalue weighted by atomic mass is 9.87. The van der Waals surface area contributed by atoms with Gasteiger partial charge in [0.05, 0.1) is 4.90 Å². The molecule has 9 heteroatoms. The van der Waals surface area contributed by atoms with Crippen molar-refractivity contribution in [2.45, 2.75) is 37.9 Å². The molecule has 1 aliphatic heterocycles. The highest BCUT2D eigenvalue weighted by molar-refractivity contribution is 7.89. The van der Waals surface area contributed by atoms with E-state index in [2.05, 4.69) is 5.32 Å². The molecule has 0 aliphatic carbocycles. The third-order valence-corrected chi connectivity index (χ3v) is 5.73. The van der Waals surface area contributed by atoms with Gasteiger partial charge in [-0.2, -0.15) is 17.9 Å². The number of sulfonamides is 1. The summed E-state index contributed by atoms with van der Waals surface area (Å²) in [5.74, 6) is -0.379. The molecule has 5 nitrogen and oxygen atoms in total. The quantitative estimate of drug-likeness (QED) is 0.845. The third kappa shape index (κ3) is 3.05. The van der Waals surface area contributed by atoms with Gasteiger partial charge < -0.3 is 5.32 Å². The average molecular weight is 386 g/mol. The van der Waals surface area contributed by atoms with Crippen molar-refractivity contribution in [2.75, 3.05) is 5.32 Å². The number of amides is 1. The maximum atomic E-state index is 13.4. The number of halogens is 3. The van der Waals surface area contributed by atoms with Crippen LogP contribution in [0.4, 0.5) is 18.9 Å². The fourth-order valence-electron chi connectivity index (χ4n) is 3.05. The van der Waals surface area contributed by atoms with Crippen LogP contribution in [0.2, 0.25) is 0 Å². The Kier molecular flexibility index (Phi) is 4.08. The van der Waals surface area contributed by atoms with E-state index in [0.29, 0.717) is 11.1 Å². The Bertz CT molecular complexity index is 994. The summed E-state index contributed by atoms with van der Waals surface area (Å²) in [5.41, 5.74) is -0.655. The predicted molar refractivity (Wildman–Crippen MR) is 91.5 cm³/mol. The van der Waals surface area contributed by atoms with Crippen molar-refractivity contribution in [1.82, 2.24) is 4.72 Å². The maximum Gasteiger partial charge on any atom is 0.405 e. The van der Waals surface area contributed by atoms with Gasteiger partial charge in [0.15, 0.2) is 0 Å². The van der Waals surface area contributed by atoms with Crippen LogP contribution in [0.3, 0.4) is 0 Å². The molecule has 2 aromatic carbocycles. The van der Waals surface area contributed by atoms with Crippen LogP contribution in [0.15, 0.2) is 35.2 Å². The Balaban J connectivity index is 2.15. The lowest BCUT2D eigenvalue weighted by Crippen LogP contribution is -2.52. The molecule has 1 heterocycles. The molecule has 1 unspecified atom stereocenters. The van der Waals surface area contributed by atoms with Crippen molar-refractivity contribution in [3.63, 3.8) is 0 Å². The molecular formula is C17H17F3N2O3S. The van der Waals surface area contributed by atoms with Crippen LogP contribution in [0.5, 0.6) is 0 Å². The van der Waals surface area contributed by atoms with E-state index >= 15 is 0 Å². The normalized spacial score (nSPS) is 16.0. The van der Waals surface area contributed by atoms with E-state index in [1.54, 1.807) is 4.72 Å². The first-order valence-electron chi connectivity index (χ1n) is 7.78. The zero-order valence-corrected chi connectivity index (χ0v) is 15.0. The molecule has 2 aromatic rings. The Hall–Kier alpha value is -2.13. The second kappa shape index (κ2) is 5.68. The van der Waals surface area contributed by atoms with Crippen LogP contribution < -0.4 is 10.0 Å². The summed E-state index contributed by atoms with van der Waals surface area (Å²) in [6, 6.07) is 4.82. The highest BCUT2D eigenvalue weighted by atomic mass is 32.2. The fourth-order valence-corrected chi connectivity index (χ4v) is 4.68. The number of hydrogen-bond acceptors (Lipinski definition) is 3. The van der Waals surface area contributed by atoms with Crippen molar-refractivity contribution in [2.24, 2.45) is 5.41 Å². The summed E-state index contributed by atoms with van der Waals surface area (Å²) in [4.78, 5) is 11.6. The zero-order valence-electron chi connectivity index (χ0n) is 14.2. The van der Waals surface area contributed by atoms with Crippen molar-refractivity contribution in [3.05, 3.63) is 35.9 Å². The van der Waals surface area contributed by atoms with E-state index in [4.69, 9.17) is 0 Å². The molecule has 0 bridgehead atoms. The van der Waals surface area contributed by atoms with Gasteiger partial charge in [0.25, 0.3) is 5.91 Å². The van der Waals surface area contributed by atoms with Gasteiger partial charge >= 0.3 is 6.18 Å². The third-order valence-electron chi connectivity index (χ3n) is 4.25. The SMILES string of the molecule is CC(C)(C)C(NS(=O)(=O)c1ccc2c3c(cccc13)C(=O)N2)C(F)(F)F. The Morgan fingerprint density at radius 1 is 1.08 bits per heavy atom. The van der Waals surface area contributed by atoms with Crippen molar-refractivity contribution in [3.8, 4) is 0 Å². The topological polar surface area (TPSA) is 75.3 Å². The number of alkyl halides is 3. The minimum absolute atomic E-state index is 0.195. The zero-order chi connectivity index (χ0) is 19.5. The van der Waals surface area contributed by atoms with Gasteiger partial charge in [-0.05, 0) is 23.6 Å². The van der Waals surface area contributed by atoms with Crippen LogP contribution in [-0.2, 0) is 10.0 Å². The Morgan fingerprint density at radius 2 is 1.73 bits per heavy atom. The van der Waals surface area contributed by atoms with Gasteiger partial charge in [0.1, 0.15) is 6.04 Å². The van der Waals surface area contributed by atoms with E-state index in [1.807, 2.05) is 0 Å². The number of nitrogens with one attached hydrogen (secondary N) is 2. The van der Waals surface area contributed by atoms with Crippen molar-refractivity contribution >= 4 is 32.4 Å². The highest BCUT2D eigenvalue weighted by Crippen LogP contribution is 2.38. The summed E-state index contributed by atoms with van der Waals surface area (Å²) in [6.45, 7) is 3.93. The number of carbonyl (C=O) groups is 1. The summed E-state index contributed by atoms with van der Waals surface area (Å²) in [6.07, 6.45) is -4.75. The molecule has 3 rings (SSSR count). The molecule has 2 N–H and O–H groups in total. The number of anilines is 1. The first-order valence-corrected chi connectivity index (χ1v) is 9.27. The minimum atomic E-state index is -4.75. The molecule has 1 atom stereocenters. The number of rotatable bonds is 3. The van der Waals surface area contributed by atoms with Gasteiger partial charge in [0.2, 0.25) is 10.0 Å². The molecule has 1 amide bonds. The second-order valence-electron chi connectivity index (χ2n) is 7.26. The smallest absolute Gasteiger partial charge is 0.321 e. The molecule has 0 aromatic heterocycles. The van der Waals surface area contributed by atoms with Crippen LogP contribution in [0, 0.1) is 5.41 Å². The highest BCUT2D eigenvalue weighted by Gasteiger charge is 2.49. The van der Waals surface area contributed by atoms with Gasteiger partial charge in [-0.1, -0.05) is 32.9 Å². The molecule has 140 valence electrons. The van der Waals surface area contributed by atoms with E-state index in [1.165, 1.54) is 51.1 Å². The van der Waals surface area contributed by atoms with Gasteiger partial charge in [-0.25, -0.2) is 8.42 Å². The molecule has 0 saturated heterocycles. The monoisotopic (exact) mass is 386 g/mol. The molecule has 0 radical (unpaired) electrons.